The first-order chi connectivity index (χ1) is 12.0. The number of nitrogens with zero attached hydrogens (tertiary/aromatic N) is 2. The van der Waals surface area contributed by atoms with E-state index in [0.29, 0.717) is 40.1 Å². The van der Waals surface area contributed by atoms with Gasteiger partial charge in [0.1, 0.15) is 21.3 Å². The van der Waals surface area contributed by atoms with Crippen LogP contribution in [0.2, 0.25) is 0 Å². The van der Waals surface area contributed by atoms with Crippen molar-refractivity contribution in [2.24, 2.45) is 0 Å². The third-order valence-corrected chi connectivity index (χ3v) is 5.50. The molecule has 0 radical (unpaired) electrons. The molecule has 3 aromatic rings. The molecule has 0 amide bonds. The Morgan fingerprint density at radius 3 is 2.96 bits per heavy atom. The van der Waals surface area contributed by atoms with Crippen molar-refractivity contribution in [3.05, 3.63) is 62.3 Å². The standard InChI is InChI=1S/C18H13FN2O3S/c1-9-13-16(25-14(9)18(23)24)20-15-11(5-6-21(15)17(13)22)7-10-3-2-4-12(19)8-10/h2-4,7-8H,5-6H2,1H3,(H,23,24)/b11-7-. The number of hydrogen-bond donors (Lipinski definition) is 1. The molecule has 126 valence electrons. The summed E-state index contributed by atoms with van der Waals surface area (Å²) in [5.41, 5.74) is 1.78. The van der Waals surface area contributed by atoms with Crippen LogP contribution in [0.1, 0.15) is 33.0 Å². The molecule has 0 saturated heterocycles. The maximum Gasteiger partial charge on any atom is 0.346 e. The molecule has 0 fully saturated rings. The predicted octanol–water partition coefficient (Wildman–Crippen LogP) is 3.55. The van der Waals surface area contributed by atoms with Gasteiger partial charge in [-0.1, -0.05) is 12.1 Å². The Morgan fingerprint density at radius 1 is 1.44 bits per heavy atom. The number of carbonyl (C=O) groups is 1. The number of carboxylic acids is 1. The van der Waals surface area contributed by atoms with Gasteiger partial charge in [0.05, 0.1) is 5.39 Å². The second-order valence-electron chi connectivity index (χ2n) is 5.91. The molecular formula is C18H13FN2O3S. The summed E-state index contributed by atoms with van der Waals surface area (Å²) in [7, 11) is 0. The minimum atomic E-state index is -1.06. The first-order valence-corrected chi connectivity index (χ1v) is 8.51. The second kappa shape index (κ2) is 5.63. The van der Waals surface area contributed by atoms with Crippen LogP contribution in [-0.2, 0) is 6.54 Å². The lowest BCUT2D eigenvalue weighted by atomic mass is 10.1. The molecule has 2 aromatic heterocycles. The third kappa shape index (κ3) is 2.47. The van der Waals surface area contributed by atoms with Crippen LogP contribution in [0.25, 0.3) is 21.9 Å². The van der Waals surface area contributed by atoms with E-state index in [9.17, 15) is 19.1 Å². The summed E-state index contributed by atoms with van der Waals surface area (Å²) in [4.78, 5) is 29.2. The third-order valence-electron chi connectivity index (χ3n) is 4.33. The van der Waals surface area contributed by atoms with Crippen molar-refractivity contribution in [2.45, 2.75) is 19.9 Å². The fraction of sp³-hybridized carbons (Fsp3) is 0.167. The van der Waals surface area contributed by atoms with E-state index in [4.69, 9.17) is 0 Å². The molecule has 0 bridgehead atoms. The number of aryl methyl sites for hydroxylation is 1. The number of benzene rings is 1. The van der Waals surface area contributed by atoms with Crippen LogP contribution in [0.15, 0.2) is 29.1 Å². The molecule has 5 nitrogen and oxygen atoms in total. The highest BCUT2D eigenvalue weighted by Gasteiger charge is 2.25. The molecular weight excluding hydrogens is 343 g/mol. The van der Waals surface area contributed by atoms with E-state index in [1.54, 1.807) is 23.6 Å². The van der Waals surface area contributed by atoms with E-state index in [2.05, 4.69) is 4.98 Å². The summed E-state index contributed by atoms with van der Waals surface area (Å²) in [5, 5.41) is 9.64. The molecule has 0 unspecified atom stereocenters. The van der Waals surface area contributed by atoms with E-state index < -0.39 is 5.97 Å². The fourth-order valence-corrected chi connectivity index (χ4v) is 4.16. The van der Waals surface area contributed by atoms with Crippen LogP contribution >= 0.6 is 11.3 Å². The van der Waals surface area contributed by atoms with Gasteiger partial charge in [-0.25, -0.2) is 14.2 Å². The lowest BCUT2D eigenvalue weighted by Gasteiger charge is -2.03. The van der Waals surface area contributed by atoms with Crippen LogP contribution in [0.3, 0.4) is 0 Å². The summed E-state index contributed by atoms with van der Waals surface area (Å²) in [6.45, 7) is 2.12. The number of carboxylic acid groups (broad SMARTS) is 1. The minimum Gasteiger partial charge on any atom is -0.477 e. The maximum atomic E-state index is 13.4. The topological polar surface area (TPSA) is 72.2 Å². The molecule has 1 aliphatic heterocycles. The number of allylic oxidation sites excluding steroid dienone is 1. The highest BCUT2D eigenvalue weighted by atomic mass is 32.1. The second-order valence-corrected chi connectivity index (χ2v) is 6.91. The number of rotatable bonds is 2. The van der Waals surface area contributed by atoms with E-state index >= 15 is 0 Å². The van der Waals surface area contributed by atoms with E-state index in [0.717, 1.165) is 16.9 Å². The molecule has 3 heterocycles. The van der Waals surface area contributed by atoms with E-state index in [-0.39, 0.29) is 16.3 Å². The maximum absolute atomic E-state index is 13.4. The monoisotopic (exact) mass is 356 g/mol. The van der Waals surface area contributed by atoms with Crippen molar-refractivity contribution in [3.8, 4) is 0 Å². The zero-order valence-electron chi connectivity index (χ0n) is 13.2. The number of halogens is 1. The average Bonchev–Trinajstić information content (AvgIpc) is 3.10. The molecule has 0 spiro atoms. The van der Waals surface area contributed by atoms with Crippen LogP contribution in [0.5, 0.6) is 0 Å². The average molecular weight is 356 g/mol. The Bertz CT molecular complexity index is 1130. The molecule has 1 aliphatic rings. The van der Waals surface area contributed by atoms with Gasteiger partial charge in [-0.15, -0.1) is 11.3 Å². The summed E-state index contributed by atoms with van der Waals surface area (Å²) >= 11 is 1.01. The molecule has 0 saturated carbocycles. The first kappa shape index (κ1) is 15.7. The van der Waals surface area contributed by atoms with Crippen LogP contribution in [0, 0.1) is 12.7 Å². The molecule has 1 aromatic carbocycles. The molecule has 0 atom stereocenters. The van der Waals surface area contributed by atoms with Crippen molar-refractivity contribution in [1.29, 1.82) is 0 Å². The zero-order chi connectivity index (χ0) is 17.7. The SMILES string of the molecule is Cc1c(C(=O)O)sc2nc3n(c(=O)c12)CC/C3=C/c1cccc(F)c1. The largest absolute Gasteiger partial charge is 0.477 e. The van der Waals surface area contributed by atoms with Gasteiger partial charge in [0, 0.05) is 6.54 Å². The van der Waals surface area contributed by atoms with E-state index in [1.165, 1.54) is 12.1 Å². The summed E-state index contributed by atoms with van der Waals surface area (Å²) in [6, 6.07) is 6.21. The predicted molar refractivity (Wildman–Crippen MR) is 94.5 cm³/mol. The Hall–Kier alpha value is -2.80. The molecule has 25 heavy (non-hydrogen) atoms. The van der Waals surface area contributed by atoms with Gasteiger partial charge in [0.25, 0.3) is 5.56 Å². The smallest absolute Gasteiger partial charge is 0.346 e. The number of fused-ring (bicyclic) bond motifs is 2. The van der Waals surface area contributed by atoms with Gasteiger partial charge in [0.15, 0.2) is 0 Å². The molecule has 1 N–H and O–H groups in total. The Morgan fingerprint density at radius 2 is 2.24 bits per heavy atom. The summed E-state index contributed by atoms with van der Waals surface area (Å²) in [6.07, 6.45) is 2.44. The summed E-state index contributed by atoms with van der Waals surface area (Å²) in [5.74, 6) is -0.853. The van der Waals surface area contributed by atoms with Gasteiger partial charge in [-0.3, -0.25) is 9.36 Å². The highest BCUT2D eigenvalue weighted by molar-refractivity contribution is 7.20. The van der Waals surface area contributed by atoms with Crippen molar-refractivity contribution in [1.82, 2.24) is 9.55 Å². The molecule has 0 aliphatic carbocycles. The Balaban J connectivity index is 1.92. The molecule has 7 heteroatoms. The Kier molecular flexibility index (Phi) is 3.54. The van der Waals surface area contributed by atoms with Gasteiger partial charge in [-0.2, -0.15) is 0 Å². The van der Waals surface area contributed by atoms with Gasteiger partial charge >= 0.3 is 5.97 Å². The van der Waals surface area contributed by atoms with Gasteiger partial charge in [-0.05, 0) is 48.3 Å². The van der Waals surface area contributed by atoms with Gasteiger partial charge in [0.2, 0.25) is 0 Å². The van der Waals surface area contributed by atoms with Crippen LogP contribution in [-0.4, -0.2) is 20.6 Å². The lowest BCUT2D eigenvalue weighted by molar-refractivity contribution is 0.0701. The first-order valence-electron chi connectivity index (χ1n) is 7.69. The Labute approximate surface area is 145 Å². The van der Waals surface area contributed by atoms with Crippen LogP contribution in [0.4, 0.5) is 4.39 Å². The van der Waals surface area contributed by atoms with Crippen molar-refractivity contribution in [2.75, 3.05) is 0 Å². The number of hydrogen-bond acceptors (Lipinski definition) is 4. The number of thiophene rings is 1. The summed E-state index contributed by atoms with van der Waals surface area (Å²) < 4.78 is 14.9. The van der Waals surface area contributed by atoms with Crippen molar-refractivity contribution in [3.63, 3.8) is 0 Å². The number of aromatic nitrogens is 2. The van der Waals surface area contributed by atoms with Gasteiger partial charge < -0.3 is 5.11 Å². The van der Waals surface area contributed by atoms with Crippen molar-refractivity contribution < 1.29 is 14.3 Å². The zero-order valence-corrected chi connectivity index (χ0v) is 14.1. The minimum absolute atomic E-state index is 0.138. The normalized spacial score (nSPS) is 15.0. The molecule has 4 rings (SSSR count). The fourth-order valence-electron chi connectivity index (χ4n) is 3.15. The van der Waals surface area contributed by atoms with Crippen molar-refractivity contribution >= 4 is 39.2 Å². The quantitative estimate of drug-likeness (QED) is 0.762. The van der Waals surface area contributed by atoms with E-state index in [1.807, 2.05) is 6.08 Å². The lowest BCUT2D eigenvalue weighted by Crippen LogP contribution is -2.20. The number of aromatic carboxylic acids is 1. The van der Waals surface area contributed by atoms with Crippen LogP contribution < -0.4 is 5.56 Å². The highest BCUT2D eigenvalue weighted by Crippen LogP contribution is 2.32.